The predicted molar refractivity (Wildman–Crippen MR) is 123 cm³/mol. The number of aromatic nitrogens is 1. The molecule has 0 unspecified atom stereocenters. The van der Waals surface area contributed by atoms with E-state index < -0.39 is 5.91 Å². The second-order valence-electron chi connectivity index (χ2n) is 6.55. The molecule has 0 aliphatic carbocycles. The van der Waals surface area contributed by atoms with E-state index in [4.69, 9.17) is 11.6 Å². The number of carbonyl (C=O) groups is 2. The van der Waals surface area contributed by atoms with Crippen LogP contribution in [0.4, 0.5) is 10.8 Å². The molecular weight excluding hydrogens is 432 g/mol. The number of nitriles is 1. The summed E-state index contributed by atoms with van der Waals surface area (Å²) in [6.45, 7) is 1.84. The molecule has 2 amide bonds. The average Bonchev–Trinajstić information content (AvgIpc) is 3.20. The number of nitrogens with one attached hydrogen (secondary N) is 1. The maximum Gasteiger partial charge on any atom is 0.262 e. The number of amides is 2. The molecule has 2 aromatic carbocycles. The molecule has 156 valence electrons. The summed E-state index contributed by atoms with van der Waals surface area (Å²) < 4.78 is 0. The Balaban J connectivity index is 1.72. The summed E-state index contributed by atoms with van der Waals surface area (Å²) in [6, 6.07) is 18.6. The number of thiazole rings is 1. The molecule has 0 fully saturated rings. The molecule has 31 heavy (non-hydrogen) atoms. The summed E-state index contributed by atoms with van der Waals surface area (Å²) in [5.41, 5.74) is 2.05. The lowest BCUT2D eigenvalue weighted by Gasteiger charge is -2.18. The van der Waals surface area contributed by atoms with Gasteiger partial charge in [-0.2, -0.15) is 5.26 Å². The normalized spacial score (nSPS) is 10.9. The number of halogens is 1. The van der Waals surface area contributed by atoms with Crippen molar-refractivity contribution in [2.24, 2.45) is 0 Å². The molecule has 0 spiro atoms. The average molecular weight is 451 g/mol. The largest absolute Gasteiger partial charge is 0.351 e. The van der Waals surface area contributed by atoms with Crippen molar-refractivity contribution in [1.82, 2.24) is 10.3 Å². The molecule has 0 bridgehead atoms. The first-order valence-corrected chi connectivity index (χ1v) is 10.7. The van der Waals surface area contributed by atoms with Gasteiger partial charge in [0.25, 0.3) is 5.91 Å². The fraction of sp³-hybridized carbons (Fsp3) is 0.130. The van der Waals surface area contributed by atoms with E-state index in [1.807, 2.05) is 36.4 Å². The molecule has 1 aromatic heterocycles. The minimum Gasteiger partial charge on any atom is -0.351 e. The molecule has 1 heterocycles. The lowest BCUT2D eigenvalue weighted by molar-refractivity contribution is -0.117. The zero-order valence-electron chi connectivity index (χ0n) is 16.7. The molecule has 1 N–H and O–H groups in total. The minimum absolute atomic E-state index is 0.0537. The van der Waals surface area contributed by atoms with Gasteiger partial charge in [-0.1, -0.05) is 48.0 Å². The van der Waals surface area contributed by atoms with Crippen LogP contribution in [0.1, 0.15) is 18.2 Å². The van der Waals surface area contributed by atoms with E-state index in [0.717, 1.165) is 5.56 Å². The molecule has 0 atom stereocenters. The van der Waals surface area contributed by atoms with Gasteiger partial charge in [0, 0.05) is 23.9 Å². The smallest absolute Gasteiger partial charge is 0.262 e. The van der Waals surface area contributed by atoms with Crippen LogP contribution >= 0.6 is 22.9 Å². The van der Waals surface area contributed by atoms with Crippen LogP contribution in [0, 0.1) is 11.3 Å². The molecular formula is C23H19ClN4O2S. The van der Waals surface area contributed by atoms with Gasteiger partial charge in [0.15, 0.2) is 5.13 Å². The van der Waals surface area contributed by atoms with E-state index in [1.54, 1.807) is 29.6 Å². The minimum atomic E-state index is -0.466. The Labute approximate surface area is 189 Å². The predicted octanol–water partition coefficient (Wildman–Crippen LogP) is 4.75. The second kappa shape index (κ2) is 10.5. The van der Waals surface area contributed by atoms with Crippen LogP contribution in [-0.2, 0) is 16.0 Å². The van der Waals surface area contributed by atoms with Gasteiger partial charge in [0.05, 0.1) is 11.4 Å². The van der Waals surface area contributed by atoms with Crippen molar-refractivity contribution in [1.29, 1.82) is 5.26 Å². The maximum absolute atomic E-state index is 12.4. The van der Waals surface area contributed by atoms with Crippen LogP contribution in [0.5, 0.6) is 0 Å². The summed E-state index contributed by atoms with van der Waals surface area (Å²) in [7, 11) is 0. The van der Waals surface area contributed by atoms with Crippen LogP contribution in [0.15, 0.2) is 65.6 Å². The molecule has 6 nitrogen and oxygen atoms in total. The number of hydrogen-bond donors (Lipinski definition) is 1. The monoisotopic (exact) mass is 450 g/mol. The lowest BCUT2D eigenvalue weighted by Crippen LogP contribution is -2.26. The summed E-state index contributed by atoms with van der Waals surface area (Å²) in [6.07, 6.45) is 2.08. The highest BCUT2D eigenvalue weighted by atomic mass is 35.5. The van der Waals surface area contributed by atoms with E-state index in [9.17, 15) is 14.9 Å². The van der Waals surface area contributed by atoms with Crippen molar-refractivity contribution in [3.8, 4) is 6.07 Å². The molecule has 0 saturated heterocycles. The Hall–Kier alpha value is -3.47. The number of nitrogens with zero attached hydrogens (tertiary/aromatic N) is 3. The number of anilines is 2. The SMILES string of the molecule is CC(=O)N(c1cccc(Cl)c1)c1nc(/C=C(\C#N)C(=O)NCCc2ccccc2)cs1. The second-order valence-corrected chi connectivity index (χ2v) is 7.82. The first kappa shape index (κ1) is 22.2. The van der Waals surface area contributed by atoms with E-state index in [1.165, 1.54) is 29.2 Å². The third kappa shape index (κ3) is 6.01. The van der Waals surface area contributed by atoms with Gasteiger partial charge >= 0.3 is 0 Å². The van der Waals surface area contributed by atoms with E-state index in [2.05, 4.69) is 10.3 Å². The molecule has 0 aliphatic rings. The molecule has 3 aromatic rings. The summed E-state index contributed by atoms with van der Waals surface area (Å²) >= 11 is 7.28. The number of carbonyl (C=O) groups excluding carboxylic acids is 2. The molecule has 8 heteroatoms. The first-order valence-electron chi connectivity index (χ1n) is 9.43. The standard InChI is InChI=1S/C23H19ClN4O2S/c1-16(29)28(21-9-5-8-19(24)13-21)23-27-20(15-31-23)12-18(14-25)22(30)26-11-10-17-6-3-2-4-7-17/h2-9,12-13,15H,10-11H2,1H3,(H,26,30)/b18-12+. The van der Waals surface area contributed by atoms with Gasteiger partial charge in [-0.25, -0.2) is 4.98 Å². The Morgan fingerprint density at radius 2 is 2.00 bits per heavy atom. The Kier molecular flexibility index (Phi) is 7.55. The van der Waals surface area contributed by atoms with Crippen molar-refractivity contribution in [3.05, 3.63) is 81.8 Å². The highest BCUT2D eigenvalue weighted by Gasteiger charge is 2.18. The Morgan fingerprint density at radius 1 is 1.23 bits per heavy atom. The van der Waals surface area contributed by atoms with Crippen LogP contribution in [-0.4, -0.2) is 23.3 Å². The van der Waals surface area contributed by atoms with E-state index >= 15 is 0 Å². The number of hydrogen-bond acceptors (Lipinski definition) is 5. The lowest BCUT2D eigenvalue weighted by atomic mass is 10.1. The Morgan fingerprint density at radius 3 is 2.68 bits per heavy atom. The zero-order valence-corrected chi connectivity index (χ0v) is 18.3. The quantitative estimate of drug-likeness (QED) is 0.416. The van der Waals surface area contributed by atoms with Crippen molar-refractivity contribution in [2.75, 3.05) is 11.4 Å². The fourth-order valence-corrected chi connectivity index (χ4v) is 3.87. The fourth-order valence-electron chi connectivity index (χ4n) is 2.84. The van der Waals surface area contributed by atoms with Crippen molar-refractivity contribution < 1.29 is 9.59 Å². The highest BCUT2D eigenvalue weighted by molar-refractivity contribution is 7.14. The summed E-state index contributed by atoms with van der Waals surface area (Å²) in [4.78, 5) is 30.4. The van der Waals surface area contributed by atoms with Gasteiger partial charge in [0.1, 0.15) is 11.6 Å². The summed E-state index contributed by atoms with van der Waals surface area (Å²) in [5.74, 6) is -0.697. The van der Waals surface area contributed by atoms with Gasteiger partial charge < -0.3 is 5.32 Å². The zero-order chi connectivity index (χ0) is 22.2. The van der Waals surface area contributed by atoms with Crippen LogP contribution in [0.25, 0.3) is 6.08 Å². The van der Waals surface area contributed by atoms with Crippen molar-refractivity contribution in [2.45, 2.75) is 13.3 Å². The van der Waals surface area contributed by atoms with Crippen LogP contribution in [0.3, 0.4) is 0 Å². The third-order valence-corrected chi connectivity index (χ3v) is 5.36. The number of benzene rings is 2. The third-order valence-electron chi connectivity index (χ3n) is 4.28. The van der Waals surface area contributed by atoms with Gasteiger partial charge in [-0.15, -0.1) is 11.3 Å². The summed E-state index contributed by atoms with van der Waals surface area (Å²) in [5, 5.41) is 14.8. The molecule has 0 radical (unpaired) electrons. The van der Waals surface area contributed by atoms with Gasteiger partial charge in [0.2, 0.25) is 5.91 Å². The van der Waals surface area contributed by atoms with E-state index in [0.29, 0.717) is 34.5 Å². The maximum atomic E-state index is 12.4. The highest BCUT2D eigenvalue weighted by Crippen LogP contribution is 2.30. The van der Waals surface area contributed by atoms with Crippen molar-refractivity contribution in [3.63, 3.8) is 0 Å². The topological polar surface area (TPSA) is 86.1 Å². The number of rotatable bonds is 7. The van der Waals surface area contributed by atoms with Gasteiger partial charge in [-0.3, -0.25) is 14.5 Å². The first-order chi connectivity index (χ1) is 15.0. The van der Waals surface area contributed by atoms with Crippen LogP contribution < -0.4 is 10.2 Å². The Bertz CT molecular complexity index is 1150. The van der Waals surface area contributed by atoms with Crippen LogP contribution in [0.2, 0.25) is 5.02 Å². The molecule has 0 aliphatic heterocycles. The van der Waals surface area contributed by atoms with E-state index in [-0.39, 0.29) is 11.5 Å². The molecule has 0 saturated carbocycles. The molecule has 3 rings (SSSR count). The van der Waals surface area contributed by atoms with Crippen molar-refractivity contribution >= 4 is 51.6 Å². The van der Waals surface area contributed by atoms with Gasteiger partial charge in [-0.05, 0) is 36.3 Å².